The standard InChI is InChI=1S/C44H28O/c1-3-12-29(13-4-1)33-26-27-41-40(28-33)39-21-11-20-34(44(39)45-41)30-22-24-32(25-23-30)43-37-18-9-7-16-35(37)42(31-14-5-2-6-15-31)36-17-8-10-19-38(36)43/h1-28H/i1D,2D,3D,4D,5D,6D,7D,8D,9D,10D,11D,12D,13D,14D,15D,16D,17D,18D,19D,20D,21D,26D,27D,28D. The maximum atomic E-state index is 9.25. The Morgan fingerprint density at radius 3 is 1.49 bits per heavy atom. The summed E-state index contributed by atoms with van der Waals surface area (Å²) in [7, 11) is 0. The van der Waals surface area contributed by atoms with Gasteiger partial charge in [-0.2, -0.15) is 0 Å². The van der Waals surface area contributed by atoms with E-state index in [0.29, 0.717) is 0 Å². The van der Waals surface area contributed by atoms with Gasteiger partial charge >= 0.3 is 0 Å². The van der Waals surface area contributed by atoms with Gasteiger partial charge in [0.05, 0.1) is 32.9 Å². The van der Waals surface area contributed by atoms with Gasteiger partial charge in [0.15, 0.2) is 0 Å². The fourth-order valence-corrected chi connectivity index (χ4v) is 5.47. The maximum absolute atomic E-state index is 9.25. The van der Waals surface area contributed by atoms with E-state index in [1.165, 1.54) is 24.3 Å². The molecule has 9 rings (SSSR count). The molecular weight excluding hydrogens is 544 g/mol. The van der Waals surface area contributed by atoms with Crippen LogP contribution in [0.5, 0.6) is 0 Å². The summed E-state index contributed by atoms with van der Waals surface area (Å²) in [5.74, 6) is 0. The van der Waals surface area contributed by atoms with Crippen LogP contribution in [0.25, 0.3) is 88.0 Å². The van der Waals surface area contributed by atoms with Crippen LogP contribution in [-0.2, 0) is 0 Å². The van der Waals surface area contributed by atoms with Gasteiger partial charge in [0.2, 0.25) is 0 Å². The van der Waals surface area contributed by atoms with Gasteiger partial charge in [-0.25, -0.2) is 0 Å². The van der Waals surface area contributed by atoms with Crippen molar-refractivity contribution in [2.75, 3.05) is 0 Å². The van der Waals surface area contributed by atoms with Gasteiger partial charge in [-0.05, 0) is 72.6 Å². The van der Waals surface area contributed by atoms with Crippen LogP contribution in [0.2, 0.25) is 0 Å². The Morgan fingerprint density at radius 1 is 0.356 bits per heavy atom. The highest BCUT2D eigenvalue weighted by Crippen LogP contribution is 2.44. The zero-order valence-corrected chi connectivity index (χ0v) is 22.7. The molecule has 0 saturated heterocycles. The van der Waals surface area contributed by atoms with Crippen molar-refractivity contribution < 1.29 is 37.3 Å². The zero-order valence-electron chi connectivity index (χ0n) is 46.7. The molecule has 0 N–H and O–H groups in total. The third kappa shape index (κ3) is 4.17. The second kappa shape index (κ2) is 10.4. The topological polar surface area (TPSA) is 13.1 Å². The van der Waals surface area contributed by atoms with E-state index in [2.05, 4.69) is 0 Å². The highest BCUT2D eigenvalue weighted by Gasteiger charge is 2.17. The van der Waals surface area contributed by atoms with Gasteiger partial charge in [0.25, 0.3) is 0 Å². The molecule has 1 heteroatoms. The number of rotatable bonds is 4. The maximum Gasteiger partial charge on any atom is 0.143 e. The van der Waals surface area contributed by atoms with Crippen LogP contribution in [0.3, 0.4) is 0 Å². The SMILES string of the molecule is [2H]c1c([2H])c([2H])c(-c2c([2H])c([2H])c3oc4c(-c5ccc(-c6c7c([2H])c([2H])c([2H])c([2H])c7c(-c7c([2H])c([2H])c([2H])c([2H])c7[2H])c7c([2H])c([2H])c([2H])c([2H])c67)cc5)c([2H])c([2H])c([2H])c4c3c2[2H])c([2H])c1[2H]. The number of benzene rings is 8. The van der Waals surface area contributed by atoms with Crippen molar-refractivity contribution in [1.29, 1.82) is 0 Å². The lowest BCUT2D eigenvalue weighted by Crippen LogP contribution is -1.90. The molecule has 45 heavy (non-hydrogen) atoms. The molecule has 210 valence electrons. The van der Waals surface area contributed by atoms with Crippen molar-refractivity contribution in [3.63, 3.8) is 0 Å². The molecule has 0 spiro atoms. The van der Waals surface area contributed by atoms with E-state index in [0.717, 1.165) is 0 Å². The molecule has 1 nitrogen and oxygen atoms in total. The van der Waals surface area contributed by atoms with Crippen LogP contribution in [-0.4, -0.2) is 0 Å². The van der Waals surface area contributed by atoms with Crippen LogP contribution in [0.15, 0.2) is 174 Å². The van der Waals surface area contributed by atoms with E-state index in [4.69, 9.17) is 33.2 Å². The van der Waals surface area contributed by atoms with Gasteiger partial charge in [0.1, 0.15) is 11.2 Å². The number of hydrogen-bond donors (Lipinski definition) is 0. The molecule has 0 unspecified atom stereocenters. The summed E-state index contributed by atoms with van der Waals surface area (Å²) in [6.45, 7) is 0. The Labute approximate surface area is 295 Å². The first-order chi connectivity index (χ1) is 32.3. The molecule has 8 aromatic carbocycles. The lowest BCUT2D eigenvalue weighted by atomic mass is 9.85. The number of hydrogen-bond acceptors (Lipinski definition) is 1. The zero-order chi connectivity index (χ0) is 50.6. The second-order valence-electron chi connectivity index (χ2n) is 9.84. The Balaban J connectivity index is 1.39. The summed E-state index contributed by atoms with van der Waals surface area (Å²) in [5, 5.41) is -2.12. The highest BCUT2D eigenvalue weighted by molar-refractivity contribution is 6.21. The minimum Gasteiger partial charge on any atom is -0.455 e. The minimum atomic E-state index is -0.817. The van der Waals surface area contributed by atoms with E-state index in [9.17, 15) is 4.11 Å². The lowest BCUT2D eigenvalue weighted by Gasteiger charge is -2.18. The first kappa shape index (κ1) is 11.2. The predicted molar refractivity (Wildman–Crippen MR) is 190 cm³/mol. The second-order valence-corrected chi connectivity index (χ2v) is 9.84. The molecule has 0 aliphatic rings. The monoisotopic (exact) mass is 596 g/mol. The van der Waals surface area contributed by atoms with Gasteiger partial charge in [-0.15, -0.1) is 0 Å². The Kier molecular flexibility index (Phi) is 2.58. The van der Waals surface area contributed by atoms with E-state index in [1.54, 1.807) is 0 Å². The Bertz CT molecular complexity index is 3740. The Morgan fingerprint density at radius 2 is 0.867 bits per heavy atom. The van der Waals surface area contributed by atoms with Gasteiger partial charge in [0, 0.05) is 16.3 Å². The molecule has 0 bridgehead atoms. The van der Waals surface area contributed by atoms with E-state index in [1.807, 2.05) is 0 Å². The lowest BCUT2D eigenvalue weighted by molar-refractivity contribution is 0.670. The summed E-state index contributed by atoms with van der Waals surface area (Å²) in [4.78, 5) is 0. The van der Waals surface area contributed by atoms with Crippen molar-refractivity contribution in [3.05, 3.63) is 169 Å². The third-order valence-electron chi connectivity index (χ3n) is 7.40. The molecule has 0 aliphatic carbocycles. The Hall–Kier alpha value is -5.92. The molecular formula is C44H28O. The number of para-hydroxylation sites is 1. The molecule has 0 fully saturated rings. The summed E-state index contributed by atoms with van der Waals surface area (Å²) in [6, 6.07) is -12.4. The number of furan rings is 1. The van der Waals surface area contributed by atoms with Crippen molar-refractivity contribution >= 4 is 43.5 Å². The first-order valence-corrected chi connectivity index (χ1v) is 13.5. The van der Waals surface area contributed by atoms with E-state index < -0.39 is 184 Å². The minimum absolute atomic E-state index is 0.0519. The largest absolute Gasteiger partial charge is 0.455 e. The first-order valence-electron chi connectivity index (χ1n) is 25.5. The third-order valence-corrected chi connectivity index (χ3v) is 7.40. The fraction of sp³-hybridized carbons (Fsp3) is 0. The van der Waals surface area contributed by atoms with Crippen molar-refractivity contribution in [3.8, 4) is 44.5 Å². The molecule has 1 heterocycles. The summed E-state index contributed by atoms with van der Waals surface area (Å²) in [6.07, 6.45) is 0. The quantitative estimate of drug-likeness (QED) is 0.184. The molecule has 0 radical (unpaired) electrons. The molecule has 0 amide bonds. The van der Waals surface area contributed by atoms with Gasteiger partial charge in [-0.3, -0.25) is 0 Å². The molecule has 0 aliphatic heterocycles. The van der Waals surface area contributed by atoms with Crippen LogP contribution in [0.4, 0.5) is 0 Å². The average molecular weight is 597 g/mol. The van der Waals surface area contributed by atoms with Crippen molar-refractivity contribution in [2.24, 2.45) is 0 Å². The van der Waals surface area contributed by atoms with Crippen LogP contribution >= 0.6 is 0 Å². The van der Waals surface area contributed by atoms with Crippen molar-refractivity contribution in [2.45, 2.75) is 0 Å². The van der Waals surface area contributed by atoms with Gasteiger partial charge < -0.3 is 4.42 Å². The molecule has 0 atom stereocenters. The fourth-order valence-electron chi connectivity index (χ4n) is 5.47. The summed E-state index contributed by atoms with van der Waals surface area (Å²) < 4.78 is 216. The van der Waals surface area contributed by atoms with Crippen LogP contribution in [0, 0.1) is 0 Å². The summed E-state index contributed by atoms with van der Waals surface area (Å²) in [5.41, 5.74) is -3.08. The van der Waals surface area contributed by atoms with E-state index >= 15 is 0 Å². The smallest absolute Gasteiger partial charge is 0.143 e. The van der Waals surface area contributed by atoms with Crippen molar-refractivity contribution in [1.82, 2.24) is 0 Å². The average Bonchev–Trinajstić information content (AvgIpc) is 3.73. The summed E-state index contributed by atoms with van der Waals surface area (Å²) >= 11 is 0. The molecule has 1 aromatic heterocycles. The predicted octanol–water partition coefficient (Wildman–Crippen LogP) is 12.6. The van der Waals surface area contributed by atoms with Crippen LogP contribution < -0.4 is 0 Å². The van der Waals surface area contributed by atoms with Gasteiger partial charge in [-0.1, -0.05) is 157 Å². The van der Waals surface area contributed by atoms with Crippen LogP contribution in [0.1, 0.15) is 32.9 Å². The molecule has 0 saturated carbocycles. The normalized spacial score (nSPS) is 19.0. The number of fused-ring (bicyclic) bond motifs is 5. The van der Waals surface area contributed by atoms with E-state index in [-0.39, 0.29) is 49.4 Å². The molecule has 9 aromatic rings. The highest BCUT2D eigenvalue weighted by atomic mass is 16.3.